The highest BCUT2D eigenvalue weighted by Gasteiger charge is 2.41. The molecular formula is C20H32ClN3OSi. The molecule has 0 unspecified atom stereocenters. The summed E-state index contributed by atoms with van der Waals surface area (Å²) in [5.41, 5.74) is 2.42. The van der Waals surface area contributed by atoms with E-state index in [1.165, 1.54) is 0 Å². The van der Waals surface area contributed by atoms with E-state index < -0.39 is 8.32 Å². The fourth-order valence-electron chi connectivity index (χ4n) is 3.01. The van der Waals surface area contributed by atoms with Crippen molar-refractivity contribution in [1.29, 1.82) is 5.26 Å². The summed E-state index contributed by atoms with van der Waals surface area (Å²) in [4.78, 5) is 0. The molecule has 6 heteroatoms. The standard InChI is InChI=1S/C20H32ClN3OSi/c1-14-16(10-9-15(12-22)19(14)21)24-13-17-18(8-7-11-23-17)25-26(5,6)20(2,3)4/h9-10,17-18,23-24H,7-8,11,13H2,1-6H3/t17-,18+/m0/s1. The Bertz CT molecular complexity index is 679. The second kappa shape index (κ2) is 8.31. The Morgan fingerprint density at radius 3 is 2.69 bits per heavy atom. The topological polar surface area (TPSA) is 57.1 Å². The van der Waals surface area contributed by atoms with Crippen molar-refractivity contribution < 1.29 is 4.43 Å². The first-order chi connectivity index (χ1) is 12.1. The Morgan fingerprint density at radius 2 is 2.08 bits per heavy atom. The van der Waals surface area contributed by atoms with Crippen molar-refractivity contribution in [3.63, 3.8) is 0 Å². The average molecular weight is 394 g/mol. The van der Waals surface area contributed by atoms with Crippen LogP contribution < -0.4 is 10.6 Å². The molecule has 1 fully saturated rings. The van der Waals surface area contributed by atoms with E-state index in [4.69, 9.17) is 21.3 Å². The highest BCUT2D eigenvalue weighted by molar-refractivity contribution is 6.74. The van der Waals surface area contributed by atoms with Gasteiger partial charge in [-0.25, -0.2) is 0 Å². The Labute approximate surface area is 164 Å². The van der Waals surface area contributed by atoms with Crippen LogP contribution in [-0.4, -0.2) is 33.6 Å². The summed E-state index contributed by atoms with van der Waals surface area (Å²) >= 11 is 6.29. The number of nitrogens with zero attached hydrogens (tertiary/aromatic N) is 1. The van der Waals surface area contributed by atoms with Crippen LogP contribution in [0.1, 0.15) is 44.7 Å². The van der Waals surface area contributed by atoms with Gasteiger partial charge in [-0.3, -0.25) is 0 Å². The monoisotopic (exact) mass is 393 g/mol. The van der Waals surface area contributed by atoms with Gasteiger partial charge in [-0.05, 0) is 62.1 Å². The molecule has 1 heterocycles. The summed E-state index contributed by atoms with van der Waals surface area (Å²) in [5, 5.41) is 17.0. The van der Waals surface area contributed by atoms with E-state index >= 15 is 0 Å². The molecule has 1 aliphatic rings. The first-order valence-electron chi connectivity index (χ1n) is 9.41. The SMILES string of the molecule is Cc1c(NC[C@@H]2NCCC[C@H]2O[Si](C)(C)C(C)(C)C)ccc(C#N)c1Cl. The molecule has 1 aromatic carbocycles. The minimum Gasteiger partial charge on any atom is -0.412 e. The number of nitrogens with one attached hydrogen (secondary N) is 2. The van der Waals surface area contributed by atoms with Crippen LogP contribution >= 0.6 is 11.6 Å². The molecule has 0 radical (unpaired) electrons. The third-order valence-corrected chi connectivity index (χ3v) is 10.8. The van der Waals surface area contributed by atoms with Crippen molar-refractivity contribution in [2.75, 3.05) is 18.4 Å². The van der Waals surface area contributed by atoms with Crippen molar-refractivity contribution in [3.05, 3.63) is 28.3 Å². The Balaban J connectivity index is 2.08. The van der Waals surface area contributed by atoms with Crippen molar-refractivity contribution in [2.45, 2.75) is 70.8 Å². The van der Waals surface area contributed by atoms with Crippen LogP contribution in [0.2, 0.25) is 23.2 Å². The zero-order valence-electron chi connectivity index (χ0n) is 16.9. The number of halogens is 1. The van der Waals surface area contributed by atoms with Gasteiger partial charge in [0, 0.05) is 18.3 Å². The predicted molar refractivity (Wildman–Crippen MR) is 112 cm³/mol. The molecule has 1 aromatic rings. The van der Waals surface area contributed by atoms with Gasteiger partial charge in [-0.2, -0.15) is 5.26 Å². The number of benzene rings is 1. The zero-order valence-corrected chi connectivity index (χ0v) is 18.6. The fraction of sp³-hybridized carbons (Fsp3) is 0.650. The normalized spacial score (nSPS) is 21.3. The summed E-state index contributed by atoms with van der Waals surface area (Å²) in [6, 6.07) is 6.11. The highest BCUT2D eigenvalue weighted by atomic mass is 35.5. The van der Waals surface area contributed by atoms with Crippen LogP contribution in [0.5, 0.6) is 0 Å². The summed E-state index contributed by atoms with van der Waals surface area (Å²) < 4.78 is 6.70. The Kier molecular flexibility index (Phi) is 6.79. The molecule has 26 heavy (non-hydrogen) atoms. The minimum absolute atomic E-state index is 0.208. The van der Waals surface area contributed by atoms with E-state index in [0.717, 1.165) is 37.2 Å². The van der Waals surface area contributed by atoms with E-state index in [-0.39, 0.29) is 17.2 Å². The van der Waals surface area contributed by atoms with Gasteiger partial charge in [-0.1, -0.05) is 32.4 Å². The molecule has 144 valence electrons. The summed E-state index contributed by atoms with van der Waals surface area (Å²) in [6.45, 7) is 15.2. The van der Waals surface area contributed by atoms with E-state index in [2.05, 4.69) is 50.6 Å². The van der Waals surface area contributed by atoms with Crippen molar-refractivity contribution in [1.82, 2.24) is 5.32 Å². The molecule has 0 amide bonds. The Hall–Kier alpha value is -1.06. The number of rotatable bonds is 5. The van der Waals surface area contributed by atoms with Gasteiger partial charge in [0.25, 0.3) is 0 Å². The smallest absolute Gasteiger partial charge is 0.192 e. The lowest BCUT2D eigenvalue weighted by Crippen LogP contribution is -2.55. The van der Waals surface area contributed by atoms with Crippen LogP contribution in [0, 0.1) is 18.3 Å². The van der Waals surface area contributed by atoms with Gasteiger partial charge < -0.3 is 15.1 Å². The molecular weight excluding hydrogens is 362 g/mol. The third kappa shape index (κ3) is 4.80. The van der Waals surface area contributed by atoms with Crippen LogP contribution in [0.4, 0.5) is 5.69 Å². The van der Waals surface area contributed by atoms with E-state index in [1.54, 1.807) is 6.07 Å². The number of hydrogen-bond donors (Lipinski definition) is 2. The number of hydrogen-bond acceptors (Lipinski definition) is 4. The van der Waals surface area contributed by atoms with Crippen LogP contribution in [-0.2, 0) is 4.43 Å². The maximum Gasteiger partial charge on any atom is 0.192 e. The quantitative estimate of drug-likeness (QED) is 0.685. The van der Waals surface area contributed by atoms with Crippen LogP contribution in [0.15, 0.2) is 12.1 Å². The minimum atomic E-state index is -1.80. The van der Waals surface area contributed by atoms with Crippen molar-refractivity contribution in [3.8, 4) is 6.07 Å². The predicted octanol–water partition coefficient (Wildman–Crippen LogP) is 5.07. The summed E-state index contributed by atoms with van der Waals surface area (Å²) in [5.74, 6) is 0. The number of piperidine rings is 1. The summed E-state index contributed by atoms with van der Waals surface area (Å²) in [7, 11) is -1.80. The molecule has 0 aliphatic carbocycles. The van der Waals surface area contributed by atoms with Crippen LogP contribution in [0.25, 0.3) is 0 Å². The molecule has 4 nitrogen and oxygen atoms in total. The molecule has 1 saturated heterocycles. The van der Waals surface area contributed by atoms with Gasteiger partial charge in [-0.15, -0.1) is 0 Å². The van der Waals surface area contributed by atoms with Gasteiger partial charge in [0.15, 0.2) is 8.32 Å². The van der Waals surface area contributed by atoms with Gasteiger partial charge in [0.2, 0.25) is 0 Å². The largest absolute Gasteiger partial charge is 0.412 e. The average Bonchev–Trinajstić information content (AvgIpc) is 2.56. The molecule has 2 N–H and O–H groups in total. The maximum absolute atomic E-state index is 9.10. The lowest BCUT2D eigenvalue weighted by atomic mass is 10.0. The number of nitriles is 1. The molecule has 1 aliphatic heterocycles. The lowest BCUT2D eigenvalue weighted by Gasteiger charge is -2.43. The lowest BCUT2D eigenvalue weighted by molar-refractivity contribution is 0.110. The van der Waals surface area contributed by atoms with E-state index in [0.29, 0.717) is 10.6 Å². The molecule has 0 aromatic heterocycles. The van der Waals surface area contributed by atoms with Crippen molar-refractivity contribution in [2.24, 2.45) is 0 Å². The van der Waals surface area contributed by atoms with Crippen LogP contribution in [0.3, 0.4) is 0 Å². The zero-order chi connectivity index (χ0) is 19.5. The molecule has 0 spiro atoms. The summed E-state index contributed by atoms with van der Waals surface area (Å²) in [6.07, 6.45) is 2.47. The first kappa shape index (κ1) is 21.2. The molecule has 2 atom stereocenters. The number of anilines is 1. The maximum atomic E-state index is 9.10. The molecule has 0 saturated carbocycles. The van der Waals surface area contributed by atoms with E-state index in [1.807, 2.05) is 13.0 Å². The van der Waals surface area contributed by atoms with Gasteiger partial charge in [0.1, 0.15) is 6.07 Å². The molecule has 2 rings (SSSR count). The molecule has 0 bridgehead atoms. The van der Waals surface area contributed by atoms with Crippen molar-refractivity contribution >= 4 is 25.6 Å². The Morgan fingerprint density at radius 1 is 1.38 bits per heavy atom. The van der Waals surface area contributed by atoms with E-state index in [9.17, 15) is 0 Å². The third-order valence-electron chi connectivity index (χ3n) is 5.79. The van der Waals surface area contributed by atoms with Gasteiger partial charge in [0.05, 0.1) is 16.7 Å². The second-order valence-corrected chi connectivity index (χ2v) is 13.8. The second-order valence-electron chi connectivity index (χ2n) is 8.71. The first-order valence-corrected chi connectivity index (χ1v) is 12.7. The fourth-order valence-corrected chi connectivity index (χ4v) is 4.61. The highest BCUT2D eigenvalue weighted by Crippen LogP contribution is 2.38. The van der Waals surface area contributed by atoms with Gasteiger partial charge >= 0.3 is 0 Å².